The molecule has 1 fully saturated rings. The van der Waals surface area contributed by atoms with Crippen molar-refractivity contribution >= 4 is 35.0 Å². The Morgan fingerprint density at radius 1 is 1.09 bits per heavy atom. The van der Waals surface area contributed by atoms with Crippen molar-refractivity contribution < 1.29 is 14.3 Å². The fourth-order valence-electron chi connectivity index (χ4n) is 3.86. The van der Waals surface area contributed by atoms with Gasteiger partial charge in [-0.25, -0.2) is 0 Å². The average molecular weight is 447 g/mol. The van der Waals surface area contributed by atoms with Crippen molar-refractivity contribution in [3.8, 4) is 5.75 Å². The van der Waals surface area contributed by atoms with Crippen LogP contribution in [0.1, 0.15) is 40.2 Å². The molecule has 164 valence electrons. The number of hydrogen-bond donors (Lipinski definition) is 1. The van der Waals surface area contributed by atoms with Gasteiger partial charge in [0.1, 0.15) is 11.1 Å². The van der Waals surface area contributed by atoms with Gasteiger partial charge in [0.2, 0.25) is 5.91 Å². The first-order valence-electron chi connectivity index (χ1n) is 10.7. The summed E-state index contributed by atoms with van der Waals surface area (Å²) in [5.74, 6) is 1.02. The van der Waals surface area contributed by atoms with Gasteiger partial charge >= 0.3 is 0 Å². The van der Waals surface area contributed by atoms with Crippen LogP contribution in [0.3, 0.4) is 0 Å². The lowest BCUT2D eigenvalue weighted by Gasteiger charge is -2.26. The quantitative estimate of drug-likeness (QED) is 0.507. The van der Waals surface area contributed by atoms with E-state index >= 15 is 0 Å². The summed E-state index contributed by atoms with van der Waals surface area (Å²) in [6.45, 7) is 2.15. The molecular weight excluding hydrogens is 420 g/mol. The highest BCUT2D eigenvalue weighted by atomic mass is 32.2. The zero-order chi connectivity index (χ0) is 22.5. The largest absolute Gasteiger partial charge is 0.497 e. The molecule has 0 saturated carbocycles. The number of hydrogen-bond acceptors (Lipinski definition) is 4. The highest BCUT2D eigenvalue weighted by molar-refractivity contribution is 8.00. The lowest BCUT2D eigenvalue weighted by Crippen LogP contribution is -2.28. The molecule has 1 unspecified atom stereocenters. The van der Waals surface area contributed by atoms with Gasteiger partial charge in [0, 0.05) is 16.9 Å². The first-order chi connectivity index (χ1) is 15.6. The third-order valence-electron chi connectivity index (χ3n) is 5.42. The van der Waals surface area contributed by atoms with Gasteiger partial charge in [0.05, 0.1) is 12.9 Å². The maximum atomic E-state index is 12.8. The Hall–Kier alpha value is -3.25. The minimum Gasteiger partial charge on any atom is -0.497 e. The van der Waals surface area contributed by atoms with Crippen molar-refractivity contribution in [2.75, 3.05) is 23.1 Å². The van der Waals surface area contributed by atoms with Crippen molar-refractivity contribution in [3.63, 3.8) is 0 Å². The van der Waals surface area contributed by atoms with Crippen LogP contribution in [0, 0.1) is 0 Å². The van der Waals surface area contributed by atoms with Crippen molar-refractivity contribution in [2.45, 2.75) is 25.1 Å². The molecule has 5 nitrogen and oxygen atoms in total. The summed E-state index contributed by atoms with van der Waals surface area (Å²) in [6.07, 6.45) is 1.96. The number of anilines is 2. The fourth-order valence-corrected chi connectivity index (χ4v) is 5.03. The number of amides is 2. The van der Waals surface area contributed by atoms with Crippen LogP contribution in [-0.2, 0) is 11.2 Å². The van der Waals surface area contributed by atoms with Gasteiger partial charge in [0.15, 0.2) is 0 Å². The van der Waals surface area contributed by atoms with Gasteiger partial charge in [-0.1, -0.05) is 49.7 Å². The molecule has 1 aliphatic rings. The molecule has 0 bridgehead atoms. The second-order valence-corrected chi connectivity index (χ2v) is 8.68. The topological polar surface area (TPSA) is 58.6 Å². The van der Waals surface area contributed by atoms with Gasteiger partial charge in [-0.2, -0.15) is 0 Å². The number of benzene rings is 3. The Morgan fingerprint density at radius 3 is 2.62 bits per heavy atom. The molecule has 0 aliphatic carbocycles. The molecule has 0 radical (unpaired) electrons. The van der Waals surface area contributed by atoms with Crippen LogP contribution in [0.25, 0.3) is 0 Å². The fraction of sp³-hybridized carbons (Fsp3) is 0.231. The Bertz CT molecular complexity index is 1110. The number of aryl methyl sites for hydroxylation is 1. The predicted molar refractivity (Wildman–Crippen MR) is 131 cm³/mol. The van der Waals surface area contributed by atoms with E-state index in [1.807, 2.05) is 47.4 Å². The highest BCUT2D eigenvalue weighted by Crippen LogP contribution is 2.43. The van der Waals surface area contributed by atoms with Crippen LogP contribution in [0.2, 0.25) is 0 Å². The molecule has 1 saturated heterocycles. The number of para-hydroxylation sites is 1. The van der Waals surface area contributed by atoms with E-state index in [0.29, 0.717) is 22.8 Å². The average Bonchev–Trinajstić information content (AvgIpc) is 3.21. The summed E-state index contributed by atoms with van der Waals surface area (Å²) in [5.41, 5.74) is 4.45. The minimum absolute atomic E-state index is 0.0800. The summed E-state index contributed by atoms with van der Waals surface area (Å²) in [4.78, 5) is 27.3. The normalized spacial score (nSPS) is 15.6. The number of carbonyl (C=O) groups excluding carboxylic acids is 2. The maximum Gasteiger partial charge on any atom is 0.255 e. The SMILES string of the molecule is CCCc1ccccc1N1C(=O)CSC1c1ccc(NC(=O)c2cccc(OC)c2)cc1. The highest BCUT2D eigenvalue weighted by Gasteiger charge is 2.34. The molecule has 3 aromatic rings. The predicted octanol–water partition coefficient (Wildman–Crippen LogP) is 5.68. The van der Waals surface area contributed by atoms with Crippen LogP contribution in [-0.4, -0.2) is 24.7 Å². The molecule has 4 rings (SSSR count). The number of thioether (sulfide) groups is 1. The molecule has 6 heteroatoms. The summed E-state index contributed by atoms with van der Waals surface area (Å²) in [7, 11) is 1.57. The van der Waals surface area contributed by atoms with Gasteiger partial charge in [0.25, 0.3) is 5.91 Å². The van der Waals surface area contributed by atoms with E-state index in [2.05, 4.69) is 18.3 Å². The molecule has 3 aromatic carbocycles. The van der Waals surface area contributed by atoms with E-state index in [0.717, 1.165) is 24.1 Å². The van der Waals surface area contributed by atoms with Crippen molar-refractivity contribution in [3.05, 3.63) is 89.5 Å². The zero-order valence-corrected chi connectivity index (χ0v) is 19.0. The summed E-state index contributed by atoms with van der Waals surface area (Å²) in [6, 6.07) is 22.9. The molecule has 1 aliphatic heterocycles. The molecule has 1 N–H and O–H groups in total. The van der Waals surface area contributed by atoms with Crippen LogP contribution in [0.15, 0.2) is 72.8 Å². The van der Waals surface area contributed by atoms with Crippen molar-refractivity contribution in [1.29, 1.82) is 0 Å². The van der Waals surface area contributed by atoms with Crippen molar-refractivity contribution in [2.24, 2.45) is 0 Å². The summed E-state index contributed by atoms with van der Waals surface area (Å²) < 4.78 is 5.19. The number of nitrogens with one attached hydrogen (secondary N) is 1. The standard InChI is InChI=1S/C26H26N2O3S/c1-3-7-18-8-4-5-11-23(18)28-24(29)17-32-26(28)19-12-14-21(15-13-19)27-25(30)20-9-6-10-22(16-20)31-2/h4-6,8-16,26H,3,7,17H2,1-2H3,(H,27,30). The van der Waals surface area contributed by atoms with Crippen LogP contribution in [0.4, 0.5) is 11.4 Å². The number of nitrogens with zero attached hydrogens (tertiary/aromatic N) is 1. The first kappa shape index (κ1) is 22.0. The maximum absolute atomic E-state index is 12.8. The molecule has 1 atom stereocenters. The number of methoxy groups -OCH3 is 1. The van der Waals surface area contributed by atoms with Crippen LogP contribution >= 0.6 is 11.8 Å². The lowest BCUT2D eigenvalue weighted by atomic mass is 10.1. The monoisotopic (exact) mass is 446 g/mol. The number of ether oxygens (including phenoxy) is 1. The second kappa shape index (κ2) is 9.92. The van der Waals surface area contributed by atoms with E-state index in [1.165, 1.54) is 5.56 Å². The van der Waals surface area contributed by atoms with Gasteiger partial charge < -0.3 is 10.1 Å². The number of carbonyl (C=O) groups is 2. The molecular formula is C26H26N2O3S. The Morgan fingerprint density at radius 2 is 1.88 bits per heavy atom. The van der Waals surface area contributed by atoms with E-state index in [4.69, 9.17) is 4.74 Å². The molecule has 2 amide bonds. The molecule has 0 spiro atoms. The van der Waals surface area contributed by atoms with Crippen LogP contribution in [0.5, 0.6) is 5.75 Å². The van der Waals surface area contributed by atoms with Crippen LogP contribution < -0.4 is 15.0 Å². The van der Waals surface area contributed by atoms with Crippen molar-refractivity contribution in [1.82, 2.24) is 0 Å². The van der Waals surface area contributed by atoms with E-state index < -0.39 is 0 Å². The van der Waals surface area contributed by atoms with E-state index in [9.17, 15) is 9.59 Å². The third-order valence-corrected chi connectivity index (χ3v) is 6.64. The zero-order valence-electron chi connectivity index (χ0n) is 18.2. The summed E-state index contributed by atoms with van der Waals surface area (Å²) >= 11 is 1.63. The van der Waals surface area contributed by atoms with Gasteiger partial charge in [-0.3, -0.25) is 14.5 Å². The van der Waals surface area contributed by atoms with E-state index in [1.54, 1.807) is 43.1 Å². The number of rotatable bonds is 7. The smallest absolute Gasteiger partial charge is 0.255 e. The minimum atomic E-state index is -0.197. The Kier molecular flexibility index (Phi) is 6.81. The molecule has 0 aromatic heterocycles. The lowest BCUT2D eigenvalue weighted by molar-refractivity contribution is -0.115. The second-order valence-electron chi connectivity index (χ2n) is 7.61. The van der Waals surface area contributed by atoms with Gasteiger partial charge in [-0.05, 0) is 53.9 Å². The molecule has 32 heavy (non-hydrogen) atoms. The molecule has 1 heterocycles. The van der Waals surface area contributed by atoms with E-state index in [-0.39, 0.29) is 17.2 Å². The van der Waals surface area contributed by atoms with Gasteiger partial charge in [-0.15, -0.1) is 11.8 Å². The third kappa shape index (κ3) is 4.65. The Labute approximate surface area is 192 Å². The Balaban J connectivity index is 1.53. The first-order valence-corrected chi connectivity index (χ1v) is 11.7. The summed E-state index contributed by atoms with van der Waals surface area (Å²) in [5, 5.41) is 2.84.